The van der Waals surface area contributed by atoms with Crippen LogP contribution >= 0.6 is 0 Å². The van der Waals surface area contributed by atoms with E-state index in [2.05, 4.69) is 5.32 Å². The number of nitrogens with one attached hydrogen (secondary N) is 1. The molecule has 2 rings (SSSR count). The third kappa shape index (κ3) is 2.88. The van der Waals surface area contributed by atoms with Crippen molar-refractivity contribution >= 4 is 0 Å². The van der Waals surface area contributed by atoms with Gasteiger partial charge in [-0.2, -0.15) is 0 Å². The van der Waals surface area contributed by atoms with Gasteiger partial charge < -0.3 is 4.74 Å². The summed E-state index contributed by atoms with van der Waals surface area (Å²) in [5, 5.41) is 2.92. The van der Waals surface area contributed by atoms with Crippen molar-refractivity contribution in [1.82, 2.24) is 5.32 Å². The zero-order chi connectivity index (χ0) is 10.8. The molecular formula is C11H19F2NO. The predicted molar refractivity (Wildman–Crippen MR) is 54.0 cm³/mol. The van der Waals surface area contributed by atoms with E-state index in [0.717, 1.165) is 25.7 Å². The Hall–Kier alpha value is -0.220. The van der Waals surface area contributed by atoms with E-state index in [4.69, 9.17) is 4.74 Å². The van der Waals surface area contributed by atoms with Crippen LogP contribution in [0.1, 0.15) is 44.9 Å². The van der Waals surface area contributed by atoms with E-state index in [1.165, 1.54) is 19.3 Å². The molecule has 1 saturated carbocycles. The van der Waals surface area contributed by atoms with Crippen LogP contribution in [-0.2, 0) is 4.74 Å². The maximum absolute atomic E-state index is 12.9. The summed E-state index contributed by atoms with van der Waals surface area (Å²) in [4.78, 5) is 0. The van der Waals surface area contributed by atoms with Gasteiger partial charge >= 0.3 is 0 Å². The molecule has 0 radical (unpaired) electrons. The van der Waals surface area contributed by atoms with Gasteiger partial charge in [-0.05, 0) is 25.7 Å². The van der Waals surface area contributed by atoms with Crippen LogP contribution in [0.4, 0.5) is 8.78 Å². The molecular weight excluding hydrogens is 200 g/mol. The zero-order valence-corrected chi connectivity index (χ0v) is 9.03. The highest BCUT2D eigenvalue weighted by Crippen LogP contribution is 2.32. The minimum Gasteiger partial charge on any atom is -0.354 e. The van der Waals surface area contributed by atoms with Gasteiger partial charge in [-0.25, -0.2) is 8.78 Å². The first-order chi connectivity index (χ1) is 7.12. The molecule has 0 aromatic carbocycles. The van der Waals surface area contributed by atoms with Gasteiger partial charge in [-0.15, -0.1) is 0 Å². The average Bonchev–Trinajstić information content (AvgIpc) is 2.15. The maximum Gasteiger partial charge on any atom is 0.283 e. The average molecular weight is 219 g/mol. The summed E-state index contributed by atoms with van der Waals surface area (Å²) in [6.45, 7) is -0.646. The first kappa shape index (κ1) is 11.3. The van der Waals surface area contributed by atoms with Crippen LogP contribution in [-0.4, -0.2) is 24.8 Å². The lowest BCUT2D eigenvalue weighted by Crippen LogP contribution is -2.59. The Kier molecular flexibility index (Phi) is 3.26. The molecule has 4 heteroatoms. The van der Waals surface area contributed by atoms with E-state index in [1.54, 1.807) is 0 Å². The molecule has 88 valence electrons. The summed E-state index contributed by atoms with van der Waals surface area (Å²) in [5.74, 6) is -2.69. The second-order valence-electron chi connectivity index (χ2n) is 4.76. The Balaban J connectivity index is 1.93. The van der Waals surface area contributed by atoms with Crippen molar-refractivity contribution in [1.29, 1.82) is 0 Å². The predicted octanol–water partition coefficient (Wildman–Crippen LogP) is 2.68. The van der Waals surface area contributed by atoms with E-state index < -0.39 is 18.3 Å². The molecule has 15 heavy (non-hydrogen) atoms. The molecule has 2 fully saturated rings. The lowest BCUT2D eigenvalue weighted by Gasteiger charge is -2.42. The Morgan fingerprint density at radius 1 is 0.933 bits per heavy atom. The van der Waals surface area contributed by atoms with Gasteiger partial charge in [0.25, 0.3) is 5.92 Å². The number of ether oxygens (including phenoxy) is 1. The second kappa shape index (κ2) is 4.34. The number of rotatable bonds is 0. The Bertz CT molecular complexity index is 201. The summed E-state index contributed by atoms with van der Waals surface area (Å²) < 4.78 is 31.3. The van der Waals surface area contributed by atoms with Crippen LogP contribution in [0, 0.1) is 0 Å². The molecule has 2 aliphatic rings. The lowest BCUT2D eigenvalue weighted by atomic mass is 9.92. The van der Waals surface area contributed by atoms with E-state index in [0.29, 0.717) is 0 Å². The molecule has 1 heterocycles. The fourth-order valence-corrected chi connectivity index (χ4v) is 2.43. The van der Waals surface area contributed by atoms with E-state index in [-0.39, 0.29) is 6.54 Å². The molecule has 1 aliphatic heterocycles. The van der Waals surface area contributed by atoms with E-state index in [9.17, 15) is 8.78 Å². The monoisotopic (exact) mass is 219 g/mol. The summed E-state index contributed by atoms with van der Waals surface area (Å²) >= 11 is 0. The molecule has 1 spiro atoms. The fraction of sp³-hybridized carbons (Fsp3) is 1.00. The number of alkyl halides is 2. The molecule has 0 atom stereocenters. The quantitative estimate of drug-likeness (QED) is 0.676. The Labute approximate surface area is 89.4 Å². The van der Waals surface area contributed by atoms with Crippen molar-refractivity contribution in [3.05, 3.63) is 0 Å². The van der Waals surface area contributed by atoms with Crippen molar-refractivity contribution in [3.8, 4) is 0 Å². The lowest BCUT2D eigenvalue weighted by molar-refractivity contribution is -0.200. The van der Waals surface area contributed by atoms with Gasteiger partial charge in [0.1, 0.15) is 12.3 Å². The Morgan fingerprint density at radius 2 is 1.53 bits per heavy atom. The topological polar surface area (TPSA) is 21.3 Å². The van der Waals surface area contributed by atoms with Crippen molar-refractivity contribution in [2.75, 3.05) is 13.2 Å². The molecule has 1 aliphatic carbocycles. The highest BCUT2D eigenvalue weighted by Gasteiger charge is 2.43. The normalized spacial score (nSPS) is 30.8. The second-order valence-corrected chi connectivity index (χ2v) is 4.76. The molecule has 0 aromatic heterocycles. The van der Waals surface area contributed by atoms with Crippen molar-refractivity contribution in [3.63, 3.8) is 0 Å². The fourth-order valence-electron chi connectivity index (χ4n) is 2.43. The smallest absolute Gasteiger partial charge is 0.283 e. The van der Waals surface area contributed by atoms with Gasteiger partial charge in [0.05, 0.1) is 6.54 Å². The van der Waals surface area contributed by atoms with Crippen molar-refractivity contribution < 1.29 is 13.5 Å². The van der Waals surface area contributed by atoms with Crippen LogP contribution in [0.3, 0.4) is 0 Å². The molecule has 2 nitrogen and oxygen atoms in total. The van der Waals surface area contributed by atoms with Crippen LogP contribution in [0.5, 0.6) is 0 Å². The van der Waals surface area contributed by atoms with Crippen LogP contribution < -0.4 is 5.32 Å². The van der Waals surface area contributed by atoms with Gasteiger partial charge in [-0.1, -0.05) is 19.3 Å². The van der Waals surface area contributed by atoms with E-state index in [1.807, 2.05) is 0 Å². The highest BCUT2D eigenvalue weighted by molar-refractivity contribution is 4.88. The highest BCUT2D eigenvalue weighted by atomic mass is 19.3. The summed E-state index contributed by atoms with van der Waals surface area (Å²) in [7, 11) is 0. The van der Waals surface area contributed by atoms with E-state index >= 15 is 0 Å². The standard InChI is InChI=1S/C11H19F2NO/c12-10(13)8-14-11(15-9-10)6-4-2-1-3-5-7-11/h14H,1-9H2. The molecule has 0 unspecified atom stereocenters. The molecule has 0 bridgehead atoms. The third-order valence-electron chi connectivity index (χ3n) is 3.39. The van der Waals surface area contributed by atoms with Crippen LogP contribution in [0.15, 0.2) is 0 Å². The van der Waals surface area contributed by atoms with Gasteiger partial charge in [0.2, 0.25) is 0 Å². The van der Waals surface area contributed by atoms with Crippen LogP contribution in [0.25, 0.3) is 0 Å². The Morgan fingerprint density at radius 3 is 2.07 bits per heavy atom. The first-order valence-corrected chi connectivity index (χ1v) is 5.89. The molecule has 1 saturated heterocycles. The van der Waals surface area contributed by atoms with Gasteiger partial charge in [-0.3, -0.25) is 5.32 Å². The number of hydrogen-bond acceptors (Lipinski definition) is 2. The third-order valence-corrected chi connectivity index (χ3v) is 3.39. The summed E-state index contributed by atoms with van der Waals surface area (Å²) in [6.07, 6.45) is 7.59. The van der Waals surface area contributed by atoms with Gasteiger partial charge in [0.15, 0.2) is 0 Å². The molecule has 1 N–H and O–H groups in total. The van der Waals surface area contributed by atoms with Crippen molar-refractivity contribution in [2.24, 2.45) is 0 Å². The summed E-state index contributed by atoms with van der Waals surface area (Å²) in [6, 6.07) is 0. The minimum atomic E-state index is -2.69. The van der Waals surface area contributed by atoms with Crippen LogP contribution in [0.2, 0.25) is 0 Å². The number of hydrogen-bond donors (Lipinski definition) is 1. The maximum atomic E-state index is 12.9. The molecule has 0 aromatic rings. The minimum absolute atomic E-state index is 0.229. The largest absolute Gasteiger partial charge is 0.354 e. The zero-order valence-electron chi connectivity index (χ0n) is 9.03. The SMILES string of the molecule is FC1(F)CNC2(CCCCCCC2)OC1. The first-order valence-electron chi connectivity index (χ1n) is 5.89. The number of halogens is 2. The summed E-state index contributed by atoms with van der Waals surface area (Å²) in [5.41, 5.74) is -0.442. The van der Waals surface area contributed by atoms with Crippen molar-refractivity contribution in [2.45, 2.75) is 56.6 Å². The van der Waals surface area contributed by atoms with Gasteiger partial charge in [0, 0.05) is 0 Å². The molecule has 0 amide bonds.